The molecule has 2 aromatic rings. The Kier molecular flexibility index (Phi) is 0.871. The Balaban J connectivity index is 2.67. The lowest BCUT2D eigenvalue weighted by Crippen LogP contribution is -1.97. The van der Waals surface area contributed by atoms with Crippen LogP contribution in [0.2, 0.25) is 0 Å². The fraction of sp³-hybridized carbons (Fsp3) is 0.111. The highest BCUT2D eigenvalue weighted by Crippen LogP contribution is 2.14. The van der Waals surface area contributed by atoms with E-state index in [0.29, 0.717) is 5.69 Å². The molecular weight excluding hydrogens is 164 g/mol. The number of nitrogens with two attached hydrogens (primary N) is 1. The van der Waals surface area contributed by atoms with Gasteiger partial charge < -0.3 is 10.3 Å². The van der Waals surface area contributed by atoms with Gasteiger partial charge in [-0.1, -0.05) is 0 Å². The number of rotatable bonds is 1. The molecule has 0 spiro atoms. The van der Waals surface area contributed by atoms with Crippen molar-refractivity contribution < 1.29 is 6.85 Å². The van der Waals surface area contributed by atoms with Crippen molar-refractivity contribution in [2.24, 2.45) is 0 Å². The molecule has 0 bridgehead atoms. The maximum Gasteiger partial charge on any atom is 0.105 e. The van der Waals surface area contributed by atoms with Crippen LogP contribution in [0.1, 0.15) is 12.5 Å². The normalized spacial score (nSPS) is 16.8. The molecule has 2 N–H and O–H groups in total. The Morgan fingerprint density at radius 2 is 2.62 bits per heavy atom. The first-order chi connectivity index (χ1) is 8.32. The maximum absolute atomic E-state index is 7.79. The summed E-state index contributed by atoms with van der Waals surface area (Å²) in [6.07, 6.45) is 2.09. The number of anilines is 1. The van der Waals surface area contributed by atoms with Crippen molar-refractivity contribution in [2.45, 2.75) is 6.85 Å². The molecule has 2 rings (SSSR count). The Morgan fingerprint density at radius 1 is 1.69 bits per heavy atom. The van der Waals surface area contributed by atoms with Gasteiger partial charge in [-0.3, -0.25) is 4.98 Å². The summed E-state index contributed by atoms with van der Waals surface area (Å²) in [5.41, 5.74) is 5.86. The third-order valence-electron chi connectivity index (χ3n) is 1.55. The van der Waals surface area contributed by atoms with E-state index in [9.17, 15) is 0 Å². The molecule has 0 saturated heterocycles. The Labute approximate surface area is 83.1 Å². The quantitative estimate of drug-likeness (QED) is 0.714. The molecule has 0 amide bonds. The molecule has 2 heterocycles. The van der Waals surface area contributed by atoms with Gasteiger partial charge in [0.2, 0.25) is 0 Å². The number of aromatic nitrogens is 3. The van der Waals surface area contributed by atoms with E-state index in [2.05, 4.69) is 9.97 Å². The first kappa shape index (κ1) is 3.91. The molecule has 0 atom stereocenters. The van der Waals surface area contributed by atoms with Crippen LogP contribution in [0.25, 0.3) is 5.69 Å². The Morgan fingerprint density at radius 3 is 3.31 bits per heavy atom. The van der Waals surface area contributed by atoms with Crippen molar-refractivity contribution in [3.8, 4) is 5.69 Å². The van der Waals surface area contributed by atoms with E-state index in [1.807, 2.05) is 0 Å². The van der Waals surface area contributed by atoms with Gasteiger partial charge in [0.15, 0.2) is 0 Å². The number of pyridine rings is 1. The van der Waals surface area contributed by atoms with E-state index in [1.54, 1.807) is 0 Å². The van der Waals surface area contributed by atoms with Gasteiger partial charge in [-0.05, 0) is 12.9 Å². The molecule has 0 unspecified atom stereocenters. The minimum absolute atomic E-state index is 0.274. The number of hydrogen-bond acceptors (Lipinski definition) is 3. The van der Waals surface area contributed by atoms with Crippen molar-refractivity contribution in [1.82, 2.24) is 14.5 Å². The second kappa shape index (κ2) is 2.90. The Bertz CT molecular complexity index is 589. The maximum atomic E-state index is 7.79. The molecule has 0 fully saturated rings. The van der Waals surface area contributed by atoms with Gasteiger partial charge >= 0.3 is 0 Å². The average Bonchev–Trinajstić information content (AvgIpc) is 2.55. The van der Waals surface area contributed by atoms with Crippen molar-refractivity contribution in [3.63, 3.8) is 0 Å². The van der Waals surface area contributed by atoms with Crippen molar-refractivity contribution in [3.05, 3.63) is 36.6 Å². The van der Waals surface area contributed by atoms with Crippen LogP contribution >= 0.6 is 0 Å². The molecule has 0 saturated carbocycles. The second-order valence-electron chi connectivity index (χ2n) is 2.44. The molecule has 0 aromatic carbocycles. The second-order valence-corrected chi connectivity index (χ2v) is 2.44. The summed E-state index contributed by atoms with van der Waals surface area (Å²) in [7, 11) is 0. The minimum Gasteiger partial charge on any atom is -0.397 e. The van der Waals surface area contributed by atoms with Crippen molar-refractivity contribution in [2.75, 3.05) is 5.73 Å². The summed E-state index contributed by atoms with van der Waals surface area (Å²) in [6.45, 7) is -2.53. The largest absolute Gasteiger partial charge is 0.397 e. The summed E-state index contributed by atoms with van der Waals surface area (Å²) < 4.78 is 38.2. The number of imidazole rings is 1. The molecule has 13 heavy (non-hydrogen) atoms. The summed E-state index contributed by atoms with van der Waals surface area (Å²) in [5, 5.41) is 0. The lowest BCUT2D eigenvalue weighted by Gasteiger charge is -2.03. The molecule has 66 valence electrons. The zero-order valence-corrected chi connectivity index (χ0v) is 6.65. The molecule has 0 aliphatic heterocycles. The van der Waals surface area contributed by atoms with E-state index in [0.717, 1.165) is 4.57 Å². The molecule has 0 aliphatic carbocycles. The van der Waals surface area contributed by atoms with Crippen molar-refractivity contribution >= 4 is 5.69 Å². The van der Waals surface area contributed by atoms with Gasteiger partial charge in [0.1, 0.15) is 1.37 Å². The highest BCUT2D eigenvalue weighted by atomic mass is 15.1. The first-order valence-electron chi connectivity index (χ1n) is 6.08. The zero-order chi connectivity index (χ0) is 13.5. The standard InChI is InChI=1S/C9H10N4/c1-7-5-13(6-12-7)9-4-11-3-2-8(9)10/h2-6H,1H3,(H2,10,11)/i1D3,5D,6D. The molecule has 4 nitrogen and oxygen atoms in total. The predicted octanol–water partition coefficient (Wildman–Crippen LogP) is 1.16. The number of hydrogen-bond donors (Lipinski definition) is 1. The monoisotopic (exact) mass is 179 g/mol. The van der Waals surface area contributed by atoms with Gasteiger partial charge in [0.25, 0.3) is 0 Å². The lowest BCUT2D eigenvalue weighted by molar-refractivity contribution is 1.04. The zero-order valence-electron chi connectivity index (χ0n) is 11.7. The van der Waals surface area contributed by atoms with Crippen molar-refractivity contribution in [1.29, 1.82) is 0 Å². The molecule has 0 radical (unpaired) electrons. The SMILES string of the molecule is [2H]c1nc(C([2H])([2H])[2H])c([2H])n1-c1cnccc1N. The molecule has 0 aliphatic rings. The topological polar surface area (TPSA) is 56.7 Å². The van der Waals surface area contributed by atoms with E-state index in [4.69, 9.17) is 12.6 Å². The third-order valence-corrected chi connectivity index (χ3v) is 1.55. The fourth-order valence-electron chi connectivity index (χ4n) is 0.954. The van der Waals surface area contributed by atoms with Crippen LogP contribution in [-0.4, -0.2) is 14.5 Å². The Hall–Kier alpha value is -1.84. The van der Waals surface area contributed by atoms with Gasteiger partial charge in [-0.2, -0.15) is 0 Å². The molecular formula is C9H10N4. The van der Waals surface area contributed by atoms with Crippen LogP contribution in [0.3, 0.4) is 0 Å². The number of nitrogens with zero attached hydrogens (tertiary/aromatic N) is 3. The van der Waals surface area contributed by atoms with E-state index < -0.39 is 12.5 Å². The van der Waals surface area contributed by atoms with Crippen LogP contribution < -0.4 is 5.73 Å². The summed E-state index contributed by atoms with van der Waals surface area (Å²) >= 11 is 0. The highest BCUT2D eigenvalue weighted by Gasteiger charge is 2.00. The lowest BCUT2D eigenvalue weighted by atomic mass is 10.3. The first-order valence-corrected chi connectivity index (χ1v) is 3.58. The van der Waals surface area contributed by atoms with Crippen LogP contribution in [0.15, 0.2) is 30.9 Å². The summed E-state index contributed by atoms with van der Waals surface area (Å²) in [6, 6.07) is 1.50. The highest BCUT2D eigenvalue weighted by molar-refractivity contribution is 5.55. The predicted molar refractivity (Wildman–Crippen MR) is 50.5 cm³/mol. The van der Waals surface area contributed by atoms with Gasteiger partial charge in [0.05, 0.1) is 30.9 Å². The third kappa shape index (κ3) is 1.38. The minimum atomic E-state index is -2.53. The van der Waals surface area contributed by atoms with Crippen LogP contribution in [0.4, 0.5) is 5.69 Å². The fourth-order valence-corrected chi connectivity index (χ4v) is 0.954. The average molecular weight is 179 g/mol. The molecule has 4 heteroatoms. The van der Waals surface area contributed by atoms with Gasteiger partial charge in [-0.25, -0.2) is 4.98 Å². The van der Waals surface area contributed by atoms with E-state index in [-0.39, 0.29) is 18.2 Å². The number of nitrogen functional groups attached to an aromatic ring is 1. The van der Waals surface area contributed by atoms with Gasteiger partial charge in [-0.15, -0.1) is 0 Å². The van der Waals surface area contributed by atoms with E-state index >= 15 is 0 Å². The number of aryl methyl sites for hydroxylation is 1. The van der Waals surface area contributed by atoms with Crippen LogP contribution in [0.5, 0.6) is 0 Å². The molecule has 2 aromatic heterocycles. The van der Waals surface area contributed by atoms with Gasteiger partial charge in [0, 0.05) is 16.5 Å². The van der Waals surface area contributed by atoms with E-state index in [1.165, 1.54) is 18.5 Å². The summed E-state index contributed by atoms with van der Waals surface area (Å²) in [4.78, 5) is 7.43. The van der Waals surface area contributed by atoms with Crippen LogP contribution in [0, 0.1) is 6.85 Å². The smallest absolute Gasteiger partial charge is 0.105 e. The summed E-state index contributed by atoms with van der Waals surface area (Å²) in [5.74, 6) is 0. The van der Waals surface area contributed by atoms with Crippen LogP contribution in [-0.2, 0) is 0 Å².